The Morgan fingerprint density at radius 1 is 0.889 bits per heavy atom. The Kier molecular flexibility index (Phi) is 4.39. The van der Waals surface area contributed by atoms with Crippen LogP contribution in [0.1, 0.15) is 36.6 Å². The van der Waals surface area contributed by atoms with Gasteiger partial charge in [-0.05, 0) is 37.1 Å². The van der Waals surface area contributed by atoms with Crippen molar-refractivity contribution in [2.75, 3.05) is 0 Å². The van der Waals surface area contributed by atoms with Crippen LogP contribution in [-0.4, -0.2) is 10.2 Å². The number of rotatable bonds is 6. The Balaban J connectivity index is 1.75. The van der Waals surface area contributed by atoms with Gasteiger partial charge in [0.1, 0.15) is 23.7 Å². The number of aliphatic hydroxyl groups excluding tert-OH is 2. The molecule has 0 radical (unpaired) electrons. The van der Waals surface area contributed by atoms with E-state index in [0.29, 0.717) is 24.4 Å². The topological polar surface area (TPSA) is 66.7 Å². The molecule has 0 saturated heterocycles. The van der Waals surface area contributed by atoms with Crippen LogP contribution in [0.15, 0.2) is 57.8 Å². The van der Waals surface area contributed by atoms with Crippen LogP contribution in [0.5, 0.6) is 0 Å². The number of aliphatic hydroxyl groups is 2. The molecule has 18 heavy (non-hydrogen) atoms. The van der Waals surface area contributed by atoms with Gasteiger partial charge in [-0.25, -0.2) is 0 Å². The van der Waals surface area contributed by atoms with E-state index in [9.17, 15) is 10.2 Å². The zero-order valence-corrected chi connectivity index (χ0v) is 9.90. The summed E-state index contributed by atoms with van der Waals surface area (Å²) < 4.78 is 10.2. The summed E-state index contributed by atoms with van der Waals surface area (Å²) in [7, 11) is 0. The molecule has 4 nitrogen and oxygen atoms in total. The molecule has 2 rings (SSSR count). The van der Waals surface area contributed by atoms with E-state index in [1.807, 2.05) is 12.2 Å². The minimum atomic E-state index is -0.642. The predicted molar refractivity (Wildman–Crippen MR) is 65.7 cm³/mol. The van der Waals surface area contributed by atoms with Crippen molar-refractivity contribution in [3.63, 3.8) is 0 Å². The van der Waals surface area contributed by atoms with Gasteiger partial charge in [-0.15, -0.1) is 0 Å². The van der Waals surface area contributed by atoms with Gasteiger partial charge in [0.05, 0.1) is 12.5 Å². The normalized spacial score (nSPS) is 15.0. The van der Waals surface area contributed by atoms with Gasteiger partial charge in [0.2, 0.25) is 0 Å². The molecule has 0 aliphatic carbocycles. The number of hydrogen-bond donors (Lipinski definition) is 2. The van der Waals surface area contributed by atoms with E-state index in [1.165, 1.54) is 12.5 Å². The lowest BCUT2D eigenvalue weighted by atomic mass is 10.1. The highest BCUT2D eigenvalue weighted by Gasteiger charge is 2.09. The largest absolute Gasteiger partial charge is 0.467 e. The van der Waals surface area contributed by atoms with Crippen LogP contribution in [0.2, 0.25) is 0 Å². The van der Waals surface area contributed by atoms with Crippen molar-refractivity contribution in [1.29, 1.82) is 0 Å². The summed E-state index contributed by atoms with van der Waals surface area (Å²) in [6, 6.07) is 6.94. The fraction of sp³-hybridized carbons (Fsp3) is 0.286. The first-order chi connectivity index (χ1) is 8.77. The molecule has 2 unspecified atom stereocenters. The molecule has 0 aliphatic heterocycles. The Morgan fingerprint density at radius 3 is 1.67 bits per heavy atom. The Morgan fingerprint density at radius 2 is 1.33 bits per heavy atom. The molecule has 0 bridgehead atoms. The first-order valence-electron chi connectivity index (χ1n) is 5.85. The summed E-state index contributed by atoms with van der Waals surface area (Å²) in [5.41, 5.74) is 0. The van der Waals surface area contributed by atoms with E-state index in [2.05, 4.69) is 0 Å². The maximum Gasteiger partial charge on any atom is 0.132 e. The molecule has 2 aromatic rings. The minimum absolute atomic E-state index is 0.457. The predicted octanol–water partition coefficient (Wildman–Crippen LogP) is 2.98. The van der Waals surface area contributed by atoms with E-state index in [0.717, 1.165) is 0 Å². The fourth-order valence-electron chi connectivity index (χ4n) is 1.64. The average molecular weight is 248 g/mol. The summed E-state index contributed by atoms with van der Waals surface area (Å²) in [6.07, 6.45) is 6.33. The number of hydrogen-bond acceptors (Lipinski definition) is 4. The van der Waals surface area contributed by atoms with Crippen LogP contribution in [0.25, 0.3) is 0 Å². The Labute approximate surface area is 105 Å². The molecule has 0 fully saturated rings. The standard InChI is InChI=1S/C14H16O4/c15-11(13-7-3-9-17-13)5-1-2-6-12(16)14-8-4-10-18-14/h1-4,7-12,15-16H,5-6H2. The molecule has 0 amide bonds. The summed E-state index contributed by atoms with van der Waals surface area (Å²) in [5, 5.41) is 19.5. The highest BCUT2D eigenvalue weighted by molar-refractivity contribution is 5.05. The molecule has 96 valence electrons. The second kappa shape index (κ2) is 6.23. The zero-order chi connectivity index (χ0) is 12.8. The van der Waals surface area contributed by atoms with E-state index in [1.54, 1.807) is 24.3 Å². The van der Waals surface area contributed by atoms with Crippen molar-refractivity contribution in [1.82, 2.24) is 0 Å². The molecule has 4 heteroatoms. The molecular formula is C14H16O4. The van der Waals surface area contributed by atoms with Crippen LogP contribution in [0, 0.1) is 0 Å². The van der Waals surface area contributed by atoms with Crippen molar-refractivity contribution in [3.05, 3.63) is 60.5 Å². The van der Waals surface area contributed by atoms with E-state index < -0.39 is 12.2 Å². The van der Waals surface area contributed by atoms with E-state index in [4.69, 9.17) is 8.83 Å². The van der Waals surface area contributed by atoms with Crippen LogP contribution in [0.4, 0.5) is 0 Å². The summed E-state index contributed by atoms with van der Waals surface area (Å²) in [4.78, 5) is 0. The molecule has 2 N–H and O–H groups in total. The molecule has 0 aromatic carbocycles. The maximum absolute atomic E-state index is 9.73. The first kappa shape index (κ1) is 12.7. The van der Waals surface area contributed by atoms with E-state index in [-0.39, 0.29) is 0 Å². The van der Waals surface area contributed by atoms with Crippen molar-refractivity contribution in [2.24, 2.45) is 0 Å². The van der Waals surface area contributed by atoms with Crippen LogP contribution in [-0.2, 0) is 0 Å². The fourth-order valence-corrected chi connectivity index (χ4v) is 1.64. The van der Waals surface area contributed by atoms with Gasteiger partial charge >= 0.3 is 0 Å². The molecular weight excluding hydrogens is 232 g/mol. The molecule has 0 aliphatic rings. The zero-order valence-electron chi connectivity index (χ0n) is 9.90. The highest BCUT2D eigenvalue weighted by Crippen LogP contribution is 2.19. The number of furan rings is 2. The maximum atomic E-state index is 9.73. The van der Waals surface area contributed by atoms with Crippen molar-refractivity contribution >= 4 is 0 Å². The highest BCUT2D eigenvalue weighted by atomic mass is 16.4. The third kappa shape index (κ3) is 3.35. The molecule has 2 atom stereocenters. The monoisotopic (exact) mass is 248 g/mol. The van der Waals surface area contributed by atoms with Crippen LogP contribution >= 0.6 is 0 Å². The second-order valence-electron chi connectivity index (χ2n) is 4.01. The minimum Gasteiger partial charge on any atom is -0.467 e. The summed E-state index contributed by atoms with van der Waals surface area (Å²) in [5.74, 6) is 1.09. The quantitative estimate of drug-likeness (QED) is 0.771. The Bertz CT molecular complexity index is 412. The van der Waals surface area contributed by atoms with Crippen molar-refractivity contribution in [3.8, 4) is 0 Å². The van der Waals surface area contributed by atoms with Crippen LogP contribution < -0.4 is 0 Å². The van der Waals surface area contributed by atoms with Gasteiger partial charge in [0, 0.05) is 0 Å². The van der Waals surface area contributed by atoms with E-state index >= 15 is 0 Å². The first-order valence-corrected chi connectivity index (χ1v) is 5.85. The average Bonchev–Trinajstić information content (AvgIpc) is 3.05. The van der Waals surface area contributed by atoms with Crippen molar-refractivity contribution < 1.29 is 19.0 Å². The summed E-state index contributed by atoms with van der Waals surface area (Å²) >= 11 is 0. The molecule has 0 spiro atoms. The lowest BCUT2D eigenvalue weighted by Gasteiger charge is -2.05. The van der Waals surface area contributed by atoms with Gasteiger partial charge < -0.3 is 19.0 Å². The smallest absolute Gasteiger partial charge is 0.132 e. The van der Waals surface area contributed by atoms with Gasteiger partial charge in [-0.3, -0.25) is 0 Å². The molecule has 0 saturated carbocycles. The third-order valence-electron chi connectivity index (χ3n) is 2.63. The van der Waals surface area contributed by atoms with Gasteiger partial charge in [0.25, 0.3) is 0 Å². The third-order valence-corrected chi connectivity index (χ3v) is 2.63. The van der Waals surface area contributed by atoms with Gasteiger partial charge in [0.15, 0.2) is 0 Å². The lowest BCUT2D eigenvalue weighted by Crippen LogP contribution is -1.94. The molecule has 2 heterocycles. The summed E-state index contributed by atoms with van der Waals surface area (Å²) in [6.45, 7) is 0. The molecule has 2 aromatic heterocycles. The van der Waals surface area contributed by atoms with Gasteiger partial charge in [-0.2, -0.15) is 0 Å². The van der Waals surface area contributed by atoms with Crippen LogP contribution in [0.3, 0.4) is 0 Å². The lowest BCUT2D eigenvalue weighted by molar-refractivity contribution is 0.149. The van der Waals surface area contributed by atoms with Crippen molar-refractivity contribution in [2.45, 2.75) is 25.0 Å². The second-order valence-corrected chi connectivity index (χ2v) is 4.01. The Hall–Kier alpha value is -1.78. The SMILES string of the molecule is OC(CC=CCC(O)c1ccco1)c1ccco1. The van der Waals surface area contributed by atoms with Gasteiger partial charge in [-0.1, -0.05) is 12.2 Å².